The van der Waals surface area contributed by atoms with Gasteiger partial charge in [-0.15, -0.1) is 26.3 Å². The molecule has 2 aliphatic rings. The monoisotopic (exact) mass is 916 g/mol. The van der Waals surface area contributed by atoms with Crippen LogP contribution in [0.4, 0.5) is 0 Å². The van der Waals surface area contributed by atoms with E-state index in [9.17, 15) is 39.0 Å². The van der Waals surface area contributed by atoms with Gasteiger partial charge in [-0.05, 0) is 127 Å². The smallest absolute Gasteiger partial charge is 0.180 e. The van der Waals surface area contributed by atoms with E-state index in [1.165, 1.54) is 40.6 Å². The van der Waals surface area contributed by atoms with Crippen molar-refractivity contribution in [3.63, 3.8) is 0 Å². The number of Topliss-reactive ketones (excluding diaryl/α,β-unsaturated/α-hetero) is 4. The number of hydrogen-bond donors (Lipinski definition) is 2. The van der Waals surface area contributed by atoms with Gasteiger partial charge in [-0.3, -0.25) is 28.8 Å². The zero-order chi connectivity index (χ0) is 50.0. The molecule has 12 heteroatoms. The zero-order valence-corrected chi connectivity index (χ0v) is 40.1. The Morgan fingerprint density at radius 2 is 0.791 bits per heavy atom. The summed E-state index contributed by atoms with van der Waals surface area (Å²) in [7, 11) is 5.84. The van der Waals surface area contributed by atoms with E-state index < -0.39 is 86.5 Å². The number of allylic oxidation sites excluding steroid dienone is 10. The first-order valence-electron chi connectivity index (χ1n) is 22.1. The van der Waals surface area contributed by atoms with Crippen LogP contribution >= 0.6 is 0 Å². The third-order valence-corrected chi connectivity index (χ3v) is 12.5. The molecule has 0 radical (unpaired) electrons. The van der Waals surface area contributed by atoms with Gasteiger partial charge in [0.1, 0.15) is 46.4 Å². The van der Waals surface area contributed by atoms with Gasteiger partial charge >= 0.3 is 0 Å². The lowest BCUT2D eigenvalue weighted by atomic mass is 9.59. The molecule has 4 rings (SSSR count). The predicted octanol–water partition coefficient (Wildman–Crippen LogP) is 10.5. The summed E-state index contributed by atoms with van der Waals surface area (Å²) >= 11 is 0. The first kappa shape index (κ1) is 52.8. The lowest BCUT2D eigenvalue weighted by Gasteiger charge is -2.41. The van der Waals surface area contributed by atoms with Crippen molar-refractivity contribution < 1.29 is 57.9 Å². The average molecular weight is 917 g/mol. The van der Waals surface area contributed by atoms with Crippen molar-refractivity contribution in [3.05, 3.63) is 131 Å². The molecule has 67 heavy (non-hydrogen) atoms. The highest BCUT2D eigenvalue weighted by atomic mass is 16.5. The number of benzene rings is 2. The van der Waals surface area contributed by atoms with Crippen LogP contribution < -0.4 is 18.9 Å². The summed E-state index contributed by atoms with van der Waals surface area (Å²) in [5.41, 5.74) is -1.08. The van der Waals surface area contributed by atoms with Crippen LogP contribution in [0.2, 0.25) is 0 Å². The van der Waals surface area contributed by atoms with Crippen LogP contribution in [0.3, 0.4) is 0 Å². The number of carbonyl (C=O) groups excluding carboxylic acids is 6. The minimum atomic E-state index is -1.98. The fourth-order valence-electron chi connectivity index (χ4n) is 8.54. The number of aliphatic hydroxyl groups excluding tert-OH is 2. The molecule has 0 spiro atoms. The molecule has 2 N–H and O–H groups in total. The van der Waals surface area contributed by atoms with Crippen LogP contribution in [0, 0.1) is 22.7 Å². The van der Waals surface area contributed by atoms with E-state index in [1.54, 1.807) is 64.1 Å². The van der Waals surface area contributed by atoms with Crippen LogP contribution in [0.5, 0.6) is 23.0 Å². The van der Waals surface area contributed by atoms with E-state index in [2.05, 4.69) is 26.3 Å². The molecule has 2 aromatic rings. The van der Waals surface area contributed by atoms with Gasteiger partial charge in [-0.2, -0.15) is 0 Å². The van der Waals surface area contributed by atoms with Crippen LogP contribution in [0.25, 0.3) is 12.2 Å². The van der Waals surface area contributed by atoms with Gasteiger partial charge in [0.15, 0.2) is 34.7 Å². The van der Waals surface area contributed by atoms with Crippen molar-refractivity contribution >= 4 is 46.9 Å². The van der Waals surface area contributed by atoms with Crippen LogP contribution in [-0.2, 0) is 28.8 Å². The first-order valence-corrected chi connectivity index (χ1v) is 22.1. The number of hydrogen-bond acceptors (Lipinski definition) is 12. The van der Waals surface area contributed by atoms with E-state index >= 15 is 0 Å². The largest absolute Gasteiger partial charge is 0.511 e. The Morgan fingerprint density at radius 3 is 1.03 bits per heavy atom. The average Bonchev–Trinajstić information content (AvgIpc) is 3.29. The molecule has 0 saturated heterocycles. The van der Waals surface area contributed by atoms with E-state index in [-0.39, 0.29) is 51.4 Å². The molecule has 2 aliphatic carbocycles. The summed E-state index contributed by atoms with van der Waals surface area (Å²) in [6.45, 7) is 23.0. The Hall–Kier alpha value is -6.82. The SMILES string of the molecule is C=C(C)CCC1(CCC(=C)C)C(=O)C(C(=O)C=Cc2cc(OC)cc(OC)c2)C(=O)C(CC2=C(O)C(CCC(=C)C)(CCC(=C)C)C(=O)C(C(=O)C=Cc3cc(OC)cc(OC)c3)C2=O)=C1O. The molecule has 2 unspecified atom stereocenters. The highest BCUT2D eigenvalue weighted by Gasteiger charge is 2.58. The fraction of sp³-hybridized carbons (Fsp3) is 0.382. The maximum absolute atomic E-state index is 14.9. The molecule has 0 aliphatic heterocycles. The summed E-state index contributed by atoms with van der Waals surface area (Å²) in [6.07, 6.45) is 4.80. The predicted molar refractivity (Wildman–Crippen MR) is 259 cm³/mol. The van der Waals surface area contributed by atoms with E-state index in [0.717, 1.165) is 12.2 Å². The normalized spacial score (nSPS) is 18.1. The lowest BCUT2D eigenvalue weighted by molar-refractivity contribution is -0.146. The van der Waals surface area contributed by atoms with Gasteiger partial charge < -0.3 is 29.2 Å². The lowest BCUT2D eigenvalue weighted by Crippen LogP contribution is -2.51. The van der Waals surface area contributed by atoms with Crippen molar-refractivity contribution in [2.24, 2.45) is 22.7 Å². The molecule has 12 nitrogen and oxygen atoms in total. The van der Waals surface area contributed by atoms with Gasteiger partial charge in [0.2, 0.25) is 0 Å². The summed E-state index contributed by atoms with van der Waals surface area (Å²) in [6, 6.07) is 9.76. The third-order valence-electron chi connectivity index (χ3n) is 12.5. The third kappa shape index (κ3) is 12.0. The Balaban J connectivity index is 2.01. The van der Waals surface area contributed by atoms with Crippen LogP contribution in [0.1, 0.15) is 96.6 Å². The zero-order valence-electron chi connectivity index (χ0n) is 40.1. The highest BCUT2D eigenvalue weighted by molar-refractivity contribution is 6.33. The molecule has 0 aromatic heterocycles. The maximum atomic E-state index is 14.9. The molecule has 0 saturated carbocycles. The van der Waals surface area contributed by atoms with Crippen molar-refractivity contribution in [1.29, 1.82) is 0 Å². The first-order chi connectivity index (χ1) is 31.6. The number of aliphatic hydroxyl groups is 2. The Bertz CT molecular complexity index is 2250. The summed E-state index contributed by atoms with van der Waals surface area (Å²) in [5, 5.41) is 25.0. The highest BCUT2D eigenvalue weighted by Crippen LogP contribution is 2.51. The van der Waals surface area contributed by atoms with Crippen LogP contribution in [0.15, 0.2) is 120 Å². The minimum Gasteiger partial charge on any atom is -0.511 e. The summed E-state index contributed by atoms with van der Waals surface area (Å²) < 4.78 is 21.5. The van der Waals surface area contributed by atoms with Gasteiger partial charge in [0.25, 0.3) is 0 Å². The number of carbonyl (C=O) groups is 6. The number of ether oxygens (including phenoxy) is 4. The van der Waals surface area contributed by atoms with Gasteiger partial charge in [0, 0.05) is 29.7 Å². The molecule has 0 heterocycles. The van der Waals surface area contributed by atoms with Gasteiger partial charge in [-0.25, -0.2) is 0 Å². The Kier molecular flexibility index (Phi) is 17.8. The molecule has 356 valence electrons. The Morgan fingerprint density at radius 1 is 0.522 bits per heavy atom. The van der Waals surface area contributed by atoms with Gasteiger partial charge in [0.05, 0.1) is 39.3 Å². The Labute approximate surface area is 394 Å². The van der Waals surface area contributed by atoms with Gasteiger partial charge in [-0.1, -0.05) is 34.4 Å². The molecule has 0 bridgehead atoms. The van der Waals surface area contributed by atoms with Crippen molar-refractivity contribution in [1.82, 2.24) is 0 Å². The maximum Gasteiger partial charge on any atom is 0.180 e. The number of ketones is 6. The van der Waals surface area contributed by atoms with Crippen molar-refractivity contribution in [3.8, 4) is 23.0 Å². The van der Waals surface area contributed by atoms with Crippen molar-refractivity contribution in [2.45, 2.75) is 85.5 Å². The summed E-state index contributed by atoms with van der Waals surface area (Å²) in [5.74, 6) is -9.26. The van der Waals surface area contributed by atoms with Crippen molar-refractivity contribution in [2.75, 3.05) is 28.4 Å². The topological polar surface area (TPSA) is 180 Å². The van der Waals surface area contributed by atoms with E-state index in [0.29, 0.717) is 56.4 Å². The molecular formula is C55H64O12. The summed E-state index contributed by atoms with van der Waals surface area (Å²) in [4.78, 5) is 88.5. The molecule has 0 amide bonds. The van der Waals surface area contributed by atoms with E-state index in [4.69, 9.17) is 18.9 Å². The van der Waals surface area contributed by atoms with Crippen LogP contribution in [-0.4, -0.2) is 73.4 Å². The second kappa shape index (κ2) is 22.6. The molecular weight excluding hydrogens is 853 g/mol. The second-order valence-corrected chi connectivity index (χ2v) is 17.9. The molecule has 0 fully saturated rings. The minimum absolute atomic E-state index is 0.0583. The molecule has 2 atom stereocenters. The number of methoxy groups -OCH3 is 4. The second-order valence-electron chi connectivity index (χ2n) is 17.9. The standard InChI is InChI=1S/C55H64O12/c1-32(2)17-21-54(22-18-33(3)4)50(60)42(48(58)46(52(54)62)44(56)15-13-36-25-38(64-9)29-39(26-36)65-10)31-43-49(59)47(45(57)16-14-37-27-40(66-11)30-41(28-37)67-12)53(63)55(51(43)61,23-19-34(5)6)24-20-35(7)8/h13-16,25-30,46-47,60-61H,1,3,5,7,17-24,31H2,2,4,6,8-12H3. The van der Waals surface area contributed by atoms with E-state index in [1.807, 2.05) is 0 Å². The number of rotatable bonds is 24. The quantitative estimate of drug-likeness (QED) is 0.0579. The molecule has 2 aromatic carbocycles. The fourth-order valence-corrected chi connectivity index (χ4v) is 8.54.